The molecule has 2 heterocycles. The van der Waals surface area contributed by atoms with E-state index in [0.717, 1.165) is 17.2 Å². The van der Waals surface area contributed by atoms with E-state index in [0.29, 0.717) is 39.0 Å². The molecule has 0 spiro atoms. The topological polar surface area (TPSA) is 84.3 Å². The minimum Gasteiger partial charge on any atom is -0.349 e. The summed E-state index contributed by atoms with van der Waals surface area (Å²) in [5.41, 5.74) is 1.90. The molecule has 0 unspecified atom stereocenters. The third-order valence-corrected chi connectivity index (χ3v) is 5.83. The maximum absolute atomic E-state index is 12.1. The smallest absolute Gasteiger partial charge is 0.220 e. The number of rotatable bonds is 6. The van der Waals surface area contributed by atoms with Crippen molar-refractivity contribution in [2.45, 2.75) is 53.2 Å². The summed E-state index contributed by atoms with van der Waals surface area (Å²) < 4.78 is 27.7. The van der Waals surface area contributed by atoms with Crippen LogP contribution in [-0.2, 0) is 40.9 Å². The molecule has 0 aliphatic carbocycles. The highest BCUT2D eigenvalue weighted by molar-refractivity contribution is 7.89. The molecule has 0 aromatic carbocycles. The predicted molar refractivity (Wildman–Crippen MR) is 83.6 cm³/mol. The summed E-state index contributed by atoms with van der Waals surface area (Å²) >= 11 is 0. The predicted octanol–water partition coefficient (Wildman–Crippen LogP) is 0.637. The lowest BCUT2D eigenvalue weighted by Gasteiger charge is -2.26. The minimum atomic E-state index is -3.19. The molecule has 1 N–H and O–H groups in total. The molecule has 2 rings (SSSR count). The number of carbonyl (C=O) groups excluding carboxylic acids is 1. The molecule has 0 saturated heterocycles. The fourth-order valence-electron chi connectivity index (χ4n) is 2.68. The zero-order valence-corrected chi connectivity index (χ0v) is 14.2. The van der Waals surface area contributed by atoms with Crippen LogP contribution in [0.5, 0.6) is 0 Å². The number of carbonyl (C=O) groups is 1. The Bertz CT molecular complexity index is 651. The van der Waals surface area contributed by atoms with Gasteiger partial charge in [-0.05, 0) is 13.8 Å². The summed E-state index contributed by atoms with van der Waals surface area (Å²) in [7, 11) is -3.19. The van der Waals surface area contributed by atoms with E-state index in [1.54, 1.807) is 13.8 Å². The van der Waals surface area contributed by atoms with Gasteiger partial charge in [-0.1, -0.05) is 6.92 Å². The van der Waals surface area contributed by atoms with E-state index in [4.69, 9.17) is 0 Å². The number of nitrogens with one attached hydrogen (secondary N) is 1. The van der Waals surface area contributed by atoms with E-state index >= 15 is 0 Å². The number of sulfonamides is 1. The number of fused-ring (bicyclic) bond motifs is 1. The van der Waals surface area contributed by atoms with Crippen LogP contribution in [0.25, 0.3) is 0 Å². The van der Waals surface area contributed by atoms with Gasteiger partial charge < -0.3 is 9.88 Å². The molecule has 124 valence electrons. The molecule has 0 saturated carbocycles. The van der Waals surface area contributed by atoms with Crippen molar-refractivity contribution in [3.05, 3.63) is 17.2 Å². The fourth-order valence-corrected chi connectivity index (χ4v) is 3.73. The quantitative estimate of drug-likeness (QED) is 0.830. The van der Waals surface area contributed by atoms with Crippen molar-refractivity contribution in [1.82, 2.24) is 19.2 Å². The lowest BCUT2D eigenvalue weighted by Crippen LogP contribution is -2.37. The summed E-state index contributed by atoms with van der Waals surface area (Å²) in [5, 5.41) is 2.83. The van der Waals surface area contributed by atoms with Gasteiger partial charge in [0.2, 0.25) is 15.9 Å². The first-order valence-corrected chi connectivity index (χ1v) is 9.35. The van der Waals surface area contributed by atoms with Crippen LogP contribution in [0, 0.1) is 0 Å². The molecule has 1 amide bonds. The van der Waals surface area contributed by atoms with E-state index in [1.165, 1.54) is 4.31 Å². The standard InChI is InChI=1S/C14H24N4O3S/c1-4-14(19)15-9-13-16-11-7-8-17(22(20,21)6-3)10-12(11)18(13)5-2/h4-10H2,1-3H3,(H,15,19). The van der Waals surface area contributed by atoms with Gasteiger partial charge in [-0.3, -0.25) is 4.79 Å². The normalized spacial score (nSPS) is 15.6. The Morgan fingerprint density at radius 3 is 2.64 bits per heavy atom. The van der Waals surface area contributed by atoms with E-state index in [2.05, 4.69) is 10.3 Å². The van der Waals surface area contributed by atoms with Crippen LogP contribution >= 0.6 is 0 Å². The second-order valence-electron chi connectivity index (χ2n) is 5.28. The summed E-state index contributed by atoms with van der Waals surface area (Å²) in [5.74, 6) is 0.894. The van der Waals surface area contributed by atoms with Gasteiger partial charge in [0.25, 0.3) is 0 Å². The maximum atomic E-state index is 12.1. The molecular weight excluding hydrogens is 304 g/mol. The van der Waals surface area contributed by atoms with Crippen molar-refractivity contribution < 1.29 is 13.2 Å². The molecule has 22 heavy (non-hydrogen) atoms. The summed E-state index contributed by atoms with van der Waals surface area (Å²) in [4.78, 5) is 16.0. The number of amides is 1. The molecule has 0 fully saturated rings. The van der Waals surface area contributed by atoms with Gasteiger partial charge in [-0.25, -0.2) is 13.4 Å². The highest BCUT2D eigenvalue weighted by Crippen LogP contribution is 2.22. The van der Waals surface area contributed by atoms with Crippen molar-refractivity contribution in [3.63, 3.8) is 0 Å². The van der Waals surface area contributed by atoms with Crippen molar-refractivity contribution >= 4 is 15.9 Å². The van der Waals surface area contributed by atoms with Gasteiger partial charge in [-0.2, -0.15) is 4.31 Å². The second kappa shape index (κ2) is 6.78. The number of imidazole rings is 1. The molecule has 1 aromatic heterocycles. The maximum Gasteiger partial charge on any atom is 0.220 e. The van der Waals surface area contributed by atoms with Gasteiger partial charge >= 0.3 is 0 Å². The van der Waals surface area contributed by atoms with Gasteiger partial charge in [0, 0.05) is 25.9 Å². The van der Waals surface area contributed by atoms with Gasteiger partial charge in [-0.15, -0.1) is 0 Å². The first-order chi connectivity index (χ1) is 10.4. The zero-order chi connectivity index (χ0) is 16.3. The third kappa shape index (κ3) is 3.33. The Balaban J connectivity index is 2.24. The van der Waals surface area contributed by atoms with Crippen molar-refractivity contribution in [2.24, 2.45) is 0 Å². The number of aromatic nitrogens is 2. The van der Waals surface area contributed by atoms with E-state index < -0.39 is 10.0 Å². The van der Waals surface area contributed by atoms with E-state index in [-0.39, 0.29) is 11.7 Å². The van der Waals surface area contributed by atoms with Crippen molar-refractivity contribution in [1.29, 1.82) is 0 Å². The van der Waals surface area contributed by atoms with Crippen LogP contribution in [-0.4, -0.2) is 40.5 Å². The first kappa shape index (κ1) is 17.0. The number of nitrogens with zero attached hydrogens (tertiary/aromatic N) is 3. The van der Waals surface area contributed by atoms with Crippen molar-refractivity contribution in [3.8, 4) is 0 Å². The average molecular weight is 328 g/mol. The summed E-state index contributed by atoms with van der Waals surface area (Å²) in [6, 6.07) is 0. The Kier molecular flexibility index (Phi) is 5.23. The Morgan fingerprint density at radius 1 is 1.32 bits per heavy atom. The zero-order valence-electron chi connectivity index (χ0n) is 13.4. The molecule has 0 atom stereocenters. The summed E-state index contributed by atoms with van der Waals surface area (Å²) in [6.07, 6.45) is 1.06. The molecule has 0 bridgehead atoms. The van der Waals surface area contributed by atoms with Crippen LogP contribution in [0.15, 0.2) is 0 Å². The fraction of sp³-hybridized carbons (Fsp3) is 0.714. The molecule has 0 radical (unpaired) electrons. The molecule has 1 aliphatic heterocycles. The molecular formula is C14H24N4O3S. The third-order valence-electron chi connectivity index (χ3n) is 4.00. The van der Waals surface area contributed by atoms with Crippen molar-refractivity contribution in [2.75, 3.05) is 12.3 Å². The minimum absolute atomic E-state index is 0.0150. The van der Waals surface area contributed by atoms with Crippen LogP contribution in [0.1, 0.15) is 44.4 Å². The van der Waals surface area contributed by atoms with Gasteiger partial charge in [0.1, 0.15) is 5.82 Å². The second-order valence-corrected chi connectivity index (χ2v) is 7.54. The Labute approximate surface area is 131 Å². The van der Waals surface area contributed by atoms with Crippen LogP contribution < -0.4 is 5.32 Å². The van der Waals surface area contributed by atoms with Gasteiger partial charge in [0.05, 0.1) is 30.2 Å². The average Bonchev–Trinajstić information content (AvgIpc) is 2.88. The van der Waals surface area contributed by atoms with Crippen LogP contribution in [0.4, 0.5) is 0 Å². The number of hydrogen-bond donors (Lipinski definition) is 1. The highest BCUT2D eigenvalue weighted by Gasteiger charge is 2.29. The monoisotopic (exact) mass is 328 g/mol. The molecule has 8 heteroatoms. The molecule has 1 aliphatic rings. The van der Waals surface area contributed by atoms with Crippen LogP contribution in [0.3, 0.4) is 0 Å². The lowest BCUT2D eigenvalue weighted by molar-refractivity contribution is -0.120. The SMILES string of the molecule is CCC(=O)NCc1nc2c(n1CC)CN(S(=O)(=O)CC)CC2. The Morgan fingerprint density at radius 2 is 2.05 bits per heavy atom. The highest BCUT2D eigenvalue weighted by atomic mass is 32.2. The molecule has 1 aromatic rings. The van der Waals surface area contributed by atoms with E-state index in [9.17, 15) is 13.2 Å². The number of hydrogen-bond acceptors (Lipinski definition) is 4. The summed E-state index contributed by atoms with van der Waals surface area (Å²) in [6.45, 7) is 7.40. The van der Waals surface area contributed by atoms with Crippen LogP contribution in [0.2, 0.25) is 0 Å². The molecule has 7 nitrogen and oxygen atoms in total. The largest absolute Gasteiger partial charge is 0.349 e. The lowest BCUT2D eigenvalue weighted by atomic mass is 10.2. The first-order valence-electron chi connectivity index (χ1n) is 7.74. The van der Waals surface area contributed by atoms with E-state index in [1.807, 2.05) is 11.5 Å². The van der Waals surface area contributed by atoms with Gasteiger partial charge in [0.15, 0.2) is 0 Å². The Hall–Kier alpha value is -1.41.